The number of hydrogen-bond donors (Lipinski definition) is 2. The predicted molar refractivity (Wildman–Crippen MR) is 274 cm³/mol. The van der Waals surface area contributed by atoms with Crippen LogP contribution in [-0.2, 0) is 30.7 Å². The second-order valence-electron chi connectivity index (χ2n) is 20.9. The lowest BCUT2D eigenvalue weighted by atomic mass is 9.83. The van der Waals surface area contributed by atoms with Gasteiger partial charge in [0.2, 0.25) is 5.88 Å². The van der Waals surface area contributed by atoms with Crippen molar-refractivity contribution in [3.63, 3.8) is 0 Å². The van der Waals surface area contributed by atoms with Crippen LogP contribution in [-0.4, -0.2) is 94.6 Å². The molecule has 0 unspecified atom stereocenters. The van der Waals surface area contributed by atoms with Gasteiger partial charge in [-0.05, 0) is 185 Å². The molecule has 4 aliphatic heterocycles. The number of pyridine rings is 2. The van der Waals surface area contributed by atoms with E-state index in [2.05, 4.69) is 56.0 Å². The van der Waals surface area contributed by atoms with Gasteiger partial charge >= 0.3 is 6.09 Å². The first-order chi connectivity index (χ1) is 32.3. The van der Waals surface area contributed by atoms with E-state index in [0.29, 0.717) is 67.8 Å². The zero-order chi connectivity index (χ0) is 49.2. The molecule has 0 bridgehead atoms. The monoisotopic (exact) mass is 969 g/mol. The van der Waals surface area contributed by atoms with Crippen molar-refractivity contribution >= 4 is 40.6 Å². The number of nitrogens with zero attached hydrogens (tertiary/aromatic N) is 4. The molecule has 370 valence electrons. The van der Waals surface area contributed by atoms with Gasteiger partial charge in [0, 0.05) is 68.2 Å². The molecule has 3 amide bonds. The molecule has 8 rings (SSSR count). The first-order valence-corrected chi connectivity index (χ1v) is 26.6. The van der Waals surface area contributed by atoms with Crippen LogP contribution < -0.4 is 15.6 Å². The molecular weight excluding hydrogens is 893 g/mol. The molecule has 0 spiro atoms. The molecule has 2 fully saturated rings. The van der Waals surface area contributed by atoms with Gasteiger partial charge in [-0.25, -0.2) is 9.78 Å². The fourth-order valence-corrected chi connectivity index (χ4v) is 14.0. The van der Waals surface area contributed by atoms with E-state index >= 15 is 0 Å². The Labute approximate surface area is 412 Å². The number of rotatable bonds is 9. The number of amides is 3. The third kappa shape index (κ3) is 11.4. The molecule has 12 nitrogen and oxygen atoms in total. The standard InChI is InChI=1S/C30H43N3O4S.C24H33N3O2S/c1-18-16-19(2)31-27(36-8)23(18)17-33-13-9-10-24-25(28(33)34)21(4)26(38-24)20(3)22-11-14-32(15-12-22)29(35)37-30(5,6)7;1-14-12-15(2)26-23(28)19(14)13-27-11-5-6-20-21(24(27)29)17(4)22(30-20)16(3)18-7-9-25-10-8-18/h16,20,22H,9-15,17H2,1-8H3;12,16,18,25H,5-11,13H2,1-4H3,(H,26,28)/t20-;16-/m11/s1. The largest absolute Gasteiger partial charge is 0.481 e. The van der Waals surface area contributed by atoms with Crippen molar-refractivity contribution in [3.05, 3.63) is 97.9 Å². The van der Waals surface area contributed by atoms with Gasteiger partial charge in [-0.15, -0.1) is 22.7 Å². The van der Waals surface area contributed by atoms with E-state index in [1.165, 1.54) is 37.9 Å². The Morgan fingerprint density at radius 2 is 1.25 bits per heavy atom. The van der Waals surface area contributed by atoms with Crippen molar-refractivity contribution in [1.82, 2.24) is 30.0 Å². The quantitative estimate of drug-likeness (QED) is 0.169. The number of carbonyl (C=O) groups excluding carboxylic acids is 3. The number of methoxy groups -OCH3 is 1. The number of nitrogens with one attached hydrogen (secondary N) is 2. The van der Waals surface area contributed by atoms with E-state index in [9.17, 15) is 19.2 Å². The van der Waals surface area contributed by atoms with E-state index in [0.717, 1.165) is 103 Å². The molecule has 2 saturated heterocycles. The summed E-state index contributed by atoms with van der Waals surface area (Å²) in [7, 11) is 1.64. The van der Waals surface area contributed by atoms with Crippen LogP contribution in [0.25, 0.3) is 0 Å². The minimum absolute atomic E-state index is 0.0768. The second kappa shape index (κ2) is 21.6. The number of aromatic amines is 1. The average molecular weight is 969 g/mol. The van der Waals surface area contributed by atoms with Crippen molar-refractivity contribution in [2.75, 3.05) is 46.4 Å². The smallest absolute Gasteiger partial charge is 0.410 e. The van der Waals surface area contributed by atoms with Crippen LogP contribution in [0.15, 0.2) is 16.9 Å². The minimum atomic E-state index is -0.479. The highest BCUT2D eigenvalue weighted by Crippen LogP contribution is 2.44. The van der Waals surface area contributed by atoms with Crippen LogP contribution in [0.4, 0.5) is 4.79 Å². The Morgan fingerprint density at radius 3 is 1.75 bits per heavy atom. The fraction of sp³-hybridized carbons (Fsp3) is 0.611. The highest BCUT2D eigenvalue weighted by molar-refractivity contribution is 7.13. The van der Waals surface area contributed by atoms with Gasteiger partial charge in [-0.2, -0.15) is 0 Å². The number of piperidine rings is 2. The number of aromatic nitrogens is 2. The van der Waals surface area contributed by atoms with Gasteiger partial charge in [0.15, 0.2) is 0 Å². The van der Waals surface area contributed by atoms with Gasteiger partial charge in [-0.3, -0.25) is 14.4 Å². The fourth-order valence-electron chi connectivity index (χ4n) is 11.0. The Kier molecular flexibility index (Phi) is 16.3. The van der Waals surface area contributed by atoms with Crippen molar-refractivity contribution < 1.29 is 23.9 Å². The number of likely N-dealkylation sites (tertiary alicyclic amines) is 1. The second-order valence-corrected chi connectivity index (χ2v) is 23.2. The van der Waals surface area contributed by atoms with Gasteiger partial charge in [0.05, 0.1) is 31.3 Å². The number of hydrogen-bond acceptors (Lipinski definition) is 10. The average Bonchev–Trinajstić information content (AvgIpc) is 3.68. The van der Waals surface area contributed by atoms with E-state index in [4.69, 9.17) is 9.47 Å². The van der Waals surface area contributed by atoms with Crippen LogP contribution in [0.5, 0.6) is 5.88 Å². The molecule has 14 heteroatoms. The Hall–Kier alpha value is -4.53. The number of ether oxygens (including phenoxy) is 2. The number of thiophene rings is 2. The SMILES string of the molecule is COc1nc(C)cc(C)c1CN1CCCc2sc([C@H](C)C3CCN(C(=O)OC(C)(C)C)CC3)c(C)c2C1=O.Cc1cc(C)c(CN2CCCc3sc([C@H](C)C4CCNCC4)c(C)c3C2=O)c(=O)[nH]1. The molecule has 8 heterocycles. The molecule has 2 N–H and O–H groups in total. The van der Waals surface area contributed by atoms with E-state index < -0.39 is 5.60 Å². The van der Waals surface area contributed by atoms with Crippen LogP contribution in [0.3, 0.4) is 0 Å². The molecule has 0 saturated carbocycles. The molecule has 0 radical (unpaired) electrons. The van der Waals surface area contributed by atoms with Crippen molar-refractivity contribution in [3.8, 4) is 5.88 Å². The lowest BCUT2D eigenvalue weighted by molar-refractivity contribution is 0.0175. The Morgan fingerprint density at radius 1 is 0.750 bits per heavy atom. The highest BCUT2D eigenvalue weighted by Gasteiger charge is 2.36. The third-order valence-corrected chi connectivity index (χ3v) is 17.9. The molecule has 0 aromatic carbocycles. The highest BCUT2D eigenvalue weighted by atomic mass is 32.1. The number of carbonyl (C=O) groups is 3. The van der Waals surface area contributed by atoms with Crippen LogP contribution in [0.2, 0.25) is 0 Å². The normalized spacial score (nSPS) is 18.3. The van der Waals surface area contributed by atoms with Crippen LogP contribution in [0, 0.1) is 53.4 Å². The Balaban J connectivity index is 0.000000207. The summed E-state index contributed by atoms with van der Waals surface area (Å²) in [6, 6.07) is 4.04. The minimum Gasteiger partial charge on any atom is -0.481 e. The topological polar surface area (TPSA) is 137 Å². The van der Waals surface area contributed by atoms with Crippen LogP contribution >= 0.6 is 22.7 Å². The van der Waals surface area contributed by atoms with E-state index in [-0.39, 0.29) is 23.5 Å². The number of H-pyrrole nitrogens is 1. The first kappa shape index (κ1) is 51.3. The lowest BCUT2D eigenvalue weighted by Gasteiger charge is -2.35. The Bertz CT molecular complexity index is 2540. The summed E-state index contributed by atoms with van der Waals surface area (Å²) < 4.78 is 11.1. The summed E-state index contributed by atoms with van der Waals surface area (Å²) in [6.07, 6.45) is 7.86. The summed E-state index contributed by atoms with van der Waals surface area (Å²) in [5.74, 6) is 2.82. The molecule has 68 heavy (non-hydrogen) atoms. The molecule has 4 aromatic heterocycles. The van der Waals surface area contributed by atoms with E-state index in [1.54, 1.807) is 7.11 Å². The zero-order valence-electron chi connectivity index (χ0n) is 42.8. The summed E-state index contributed by atoms with van der Waals surface area (Å²) >= 11 is 3.69. The molecular formula is C54H76N6O6S2. The van der Waals surface area contributed by atoms with Crippen molar-refractivity contribution in [1.29, 1.82) is 0 Å². The van der Waals surface area contributed by atoms with Gasteiger partial charge in [-0.1, -0.05) is 13.8 Å². The van der Waals surface area contributed by atoms with E-state index in [1.807, 2.05) is 85.0 Å². The summed E-state index contributed by atoms with van der Waals surface area (Å²) in [4.78, 5) is 70.8. The zero-order valence-corrected chi connectivity index (χ0v) is 44.5. The third-order valence-electron chi connectivity index (χ3n) is 14.8. The van der Waals surface area contributed by atoms with Crippen LogP contribution in [0.1, 0.15) is 170 Å². The number of fused-ring (bicyclic) bond motifs is 2. The molecule has 0 aliphatic carbocycles. The predicted octanol–water partition coefficient (Wildman–Crippen LogP) is 10.5. The maximum Gasteiger partial charge on any atom is 0.410 e. The van der Waals surface area contributed by atoms with Crippen molar-refractivity contribution in [2.45, 2.75) is 158 Å². The molecule has 4 aliphatic rings. The number of aryl methyl sites for hydroxylation is 6. The van der Waals surface area contributed by atoms with Gasteiger partial charge in [0.1, 0.15) is 5.60 Å². The maximum atomic E-state index is 13.9. The maximum absolute atomic E-state index is 13.9. The summed E-state index contributed by atoms with van der Waals surface area (Å²) in [6.45, 7) is 28.4. The van der Waals surface area contributed by atoms with Gasteiger partial charge < -0.3 is 34.5 Å². The summed E-state index contributed by atoms with van der Waals surface area (Å²) in [5, 5.41) is 3.46. The first-order valence-electron chi connectivity index (χ1n) is 25.0. The molecule has 2 atom stereocenters. The molecule has 4 aromatic rings. The van der Waals surface area contributed by atoms with Gasteiger partial charge in [0.25, 0.3) is 17.4 Å². The van der Waals surface area contributed by atoms with Crippen molar-refractivity contribution in [2.24, 2.45) is 11.8 Å². The summed E-state index contributed by atoms with van der Waals surface area (Å²) in [5.41, 5.74) is 9.07. The lowest BCUT2D eigenvalue weighted by Crippen LogP contribution is -2.42.